The maximum Gasteiger partial charge on any atom is -1.00 e. The first-order valence-corrected chi connectivity index (χ1v) is 17.3. The topological polar surface area (TPSA) is 0 Å². The quantitative estimate of drug-likeness (QED) is 0.276. The van der Waals surface area contributed by atoms with Crippen LogP contribution in [-0.4, -0.2) is 0 Å². The second kappa shape index (κ2) is 12.8. The summed E-state index contributed by atoms with van der Waals surface area (Å²) in [5, 5.41) is 0. The van der Waals surface area contributed by atoms with E-state index in [-0.39, 0.29) is 24.8 Å². The summed E-state index contributed by atoms with van der Waals surface area (Å²) in [6, 6.07) is 27.9. The average molecular weight is 641 g/mol. The number of aryl methyl sites for hydroxylation is 2. The standard InChI is InChI=1S/2C16H15S.2ClH.Zr/c2*1-2-5-15-8-9-16(17-15)14-10-12-6-3-4-7-13(12)11-14;;;/h2*3-4,6-11H,2,5H2,1H3;2*1H;/q;;;;+2/p-2. The molecule has 0 N–H and O–H groups in total. The van der Waals surface area contributed by atoms with Gasteiger partial charge >= 0.3 is 231 Å². The maximum atomic E-state index is 2.51. The van der Waals surface area contributed by atoms with Gasteiger partial charge in [-0.25, -0.2) is 0 Å². The molecule has 0 amide bonds. The molecular weight excluding hydrogens is 611 g/mol. The van der Waals surface area contributed by atoms with Crippen molar-refractivity contribution in [2.75, 3.05) is 0 Å². The molecule has 4 aromatic rings. The summed E-state index contributed by atoms with van der Waals surface area (Å²) in [6.45, 7) is 4.56. The van der Waals surface area contributed by atoms with Gasteiger partial charge in [0, 0.05) is 0 Å². The summed E-state index contributed by atoms with van der Waals surface area (Å²) >= 11 is 3.11. The minimum Gasteiger partial charge on any atom is -1.00 e. The van der Waals surface area contributed by atoms with Crippen LogP contribution in [0.4, 0.5) is 0 Å². The van der Waals surface area contributed by atoms with Gasteiger partial charge in [0.05, 0.1) is 0 Å². The largest absolute Gasteiger partial charge is 1.00 e. The van der Waals surface area contributed by atoms with E-state index in [1.54, 1.807) is 22.3 Å². The first kappa shape index (κ1) is 28.8. The average Bonchev–Trinajstić information content (AvgIpc) is 3.66. The van der Waals surface area contributed by atoms with Crippen molar-refractivity contribution in [1.82, 2.24) is 0 Å². The van der Waals surface area contributed by atoms with Crippen LogP contribution in [0, 0.1) is 0 Å². The molecule has 188 valence electrons. The second-order valence-electron chi connectivity index (χ2n) is 9.52. The summed E-state index contributed by atoms with van der Waals surface area (Å²) in [6.07, 6.45) is 9.84. The van der Waals surface area contributed by atoms with E-state index in [9.17, 15) is 0 Å². The Morgan fingerprint density at radius 1 is 0.595 bits per heavy atom. The number of rotatable bonds is 8. The Morgan fingerprint density at radius 3 is 1.46 bits per heavy atom. The SMILES string of the molecule is CCCc1ccc(C2=Cc3ccccc3[CH]2[Zr+2][CH]2C(c3ccc(CCC)s3)=Cc3ccccc32)s1.[Cl-].[Cl-]. The van der Waals surface area contributed by atoms with Gasteiger partial charge in [0.25, 0.3) is 0 Å². The predicted octanol–water partition coefficient (Wildman–Crippen LogP) is 3.70. The van der Waals surface area contributed by atoms with Gasteiger partial charge in [-0.2, -0.15) is 0 Å². The van der Waals surface area contributed by atoms with Crippen LogP contribution >= 0.6 is 22.7 Å². The summed E-state index contributed by atoms with van der Waals surface area (Å²) in [7, 11) is 0. The van der Waals surface area contributed by atoms with Crippen molar-refractivity contribution in [2.45, 2.75) is 46.8 Å². The number of fused-ring (bicyclic) bond motifs is 2. The van der Waals surface area contributed by atoms with Gasteiger partial charge in [0.1, 0.15) is 0 Å². The number of thiophene rings is 2. The summed E-state index contributed by atoms with van der Waals surface area (Å²) in [4.78, 5) is 6.04. The fourth-order valence-electron chi connectivity index (χ4n) is 5.43. The summed E-state index contributed by atoms with van der Waals surface area (Å²) in [5.74, 6) is 0. The van der Waals surface area contributed by atoms with E-state index in [1.807, 2.05) is 22.7 Å². The number of hydrogen-bond donors (Lipinski definition) is 0. The van der Waals surface area contributed by atoms with Crippen LogP contribution in [0.25, 0.3) is 23.3 Å². The van der Waals surface area contributed by atoms with E-state index in [2.05, 4.69) is 98.8 Å². The molecule has 0 fully saturated rings. The van der Waals surface area contributed by atoms with E-state index < -0.39 is 23.2 Å². The molecule has 5 heteroatoms. The smallest absolute Gasteiger partial charge is 1.00 e. The Kier molecular flexibility index (Phi) is 9.92. The normalized spacial score (nSPS) is 17.1. The van der Waals surface area contributed by atoms with Gasteiger partial charge in [0.15, 0.2) is 0 Å². The fourth-order valence-corrected chi connectivity index (χ4v) is 13.3. The molecule has 37 heavy (non-hydrogen) atoms. The van der Waals surface area contributed by atoms with Gasteiger partial charge in [0.2, 0.25) is 0 Å². The van der Waals surface area contributed by atoms with Crippen molar-refractivity contribution in [2.24, 2.45) is 0 Å². The van der Waals surface area contributed by atoms with E-state index in [1.165, 1.54) is 56.3 Å². The van der Waals surface area contributed by atoms with Crippen LogP contribution in [0.15, 0.2) is 72.8 Å². The third-order valence-corrected chi connectivity index (χ3v) is 14.2. The predicted molar refractivity (Wildman–Crippen MR) is 151 cm³/mol. The number of halogens is 2. The van der Waals surface area contributed by atoms with Gasteiger partial charge in [-0.3, -0.25) is 0 Å². The van der Waals surface area contributed by atoms with Gasteiger partial charge in [-0.1, -0.05) is 0 Å². The first-order chi connectivity index (χ1) is 17.2. The minimum absolute atomic E-state index is 0. The molecule has 2 aliphatic rings. The molecule has 0 bridgehead atoms. The van der Waals surface area contributed by atoms with Crippen LogP contribution in [0.1, 0.15) is 75.7 Å². The monoisotopic (exact) mass is 638 g/mol. The molecule has 0 spiro atoms. The van der Waals surface area contributed by atoms with Crippen LogP contribution in [0.5, 0.6) is 0 Å². The third kappa shape index (κ3) is 5.73. The molecule has 0 radical (unpaired) electrons. The Morgan fingerprint density at radius 2 is 1.03 bits per heavy atom. The Balaban J connectivity index is 0.00000160. The van der Waals surface area contributed by atoms with Crippen molar-refractivity contribution in [3.05, 3.63) is 115 Å². The Hall–Kier alpha value is -1.22. The fraction of sp³-hybridized carbons (Fsp3) is 0.250. The van der Waals surface area contributed by atoms with E-state index in [0.717, 1.165) is 0 Å². The van der Waals surface area contributed by atoms with Crippen molar-refractivity contribution in [3.8, 4) is 0 Å². The van der Waals surface area contributed by atoms with E-state index >= 15 is 0 Å². The number of benzene rings is 2. The molecule has 0 saturated carbocycles. The molecule has 6 rings (SSSR count). The molecule has 2 atom stereocenters. The van der Waals surface area contributed by atoms with Crippen molar-refractivity contribution >= 4 is 46.0 Å². The molecule has 0 aliphatic heterocycles. The van der Waals surface area contributed by atoms with Gasteiger partial charge in [-0.05, 0) is 0 Å². The van der Waals surface area contributed by atoms with Gasteiger partial charge in [-0.15, -0.1) is 0 Å². The van der Waals surface area contributed by atoms with Crippen LogP contribution < -0.4 is 24.8 Å². The molecule has 0 saturated heterocycles. The van der Waals surface area contributed by atoms with E-state index in [0.29, 0.717) is 7.25 Å². The Bertz CT molecular complexity index is 1320. The Labute approximate surface area is 253 Å². The molecular formula is C32H30Cl2S2Zr. The minimum atomic E-state index is -0.940. The van der Waals surface area contributed by atoms with Crippen LogP contribution in [-0.2, 0) is 36.1 Å². The zero-order chi connectivity index (χ0) is 23.8. The van der Waals surface area contributed by atoms with Crippen LogP contribution in [0.3, 0.4) is 0 Å². The molecule has 2 heterocycles. The van der Waals surface area contributed by atoms with Crippen molar-refractivity contribution in [1.29, 1.82) is 0 Å². The summed E-state index contributed by atoms with van der Waals surface area (Å²) < 4.78 is 1.19. The summed E-state index contributed by atoms with van der Waals surface area (Å²) in [5.41, 5.74) is 9.20. The maximum absolute atomic E-state index is 2.51. The number of hydrogen-bond acceptors (Lipinski definition) is 2. The molecule has 2 aromatic heterocycles. The van der Waals surface area contributed by atoms with Gasteiger partial charge < -0.3 is 24.8 Å². The molecule has 2 aliphatic carbocycles. The zero-order valence-corrected chi connectivity index (χ0v) is 26.7. The number of allylic oxidation sites excluding steroid dienone is 2. The third-order valence-electron chi connectivity index (χ3n) is 7.08. The van der Waals surface area contributed by atoms with Crippen LogP contribution in [0.2, 0.25) is 0 Å². The van der Waals surface area contributed by atoms with Crippen molar-refractivity contribution in [3.63, 3.8) is 0 Å². The second-order valence-corrected chi connectivity index (χ2v) is 15.5. The molecule has 2 unspecified atom stereocenters. The van der Waals surface area contributed by atoms with E-state index in [4.69, 9.17) is 0 Å². The molecule has 0 nitrogen and oxygen atoms in total. The first-order valence-electron chi connectivity index (χ1n) is 12.8. The zero-order valence-electron chi connectivity index (χ0n) is 21.1. The molecule has 2 aromatic carbocycles. The van der Waals surface area contributed by atoms with Crippen molar-refractivity contribution < 1.29 is 48.0 Å².